The van der Waals surface area contributed by atoms with Crippen molar-refractivity contribution < 1.29 is 24.2 Å². The van der Waals surface area contributed by atoms with Crippen molar-refractivity contribution in [3.63, 3.8) is 0 Å². The van der Waals surface area contributed by atoms with Gasteiger partial charge in [-0.15, -0.1) is 0 Å². The Morgan fingerprint density at radius 1 is 0.926 bits per heavy atom. The number of methoxy groups -OCH3 is 2. The summed E-state index contributed by atoms with van der Waals surface area (Å²) in [5, 5.41) is 12.0. The normalized spacial score (nSPS) is 10.9. The molecule has 0 spiro atoms. The first-order chi connectivity index (χ1) is 13.0. The van der Waals surface area contributed by atoms with Crippen molar-refractivity contribution in [1.29, 1.82) is 0 Å². The molecule has 3 rings (SSSR count). The van der Waals surface area contributed by atoms with E-state index in [1.807, 2.05) is 30.3 Å². The van der Waals surface area contributed by atoms with Gasteiger partial charge in [-0.2, -0.15) is 0 Å². The number of rotatable bonds is 4. The molecule has 0 radical (unpaired) electrons. The summed E-state index contributed by atoms with van der Waals surface area (Å²) >= 11 is 0. The van der Waals surface area contributed by atoms with Gasteiger partial charge in [0.1, 0.15) is 5.75 Å². The zero-order valence-corrected chi connectivity index (χ0v) is 14.8. The molecule has 6 nitrogen and oxygen atoms in total. The van der Waals surface area contributed by atoms with Gasteiger partial charge in [-0.25, -0.2) is 9.59 Å². The van der Waals surface area contributed by atoms with Crippen molar-refractivity contribution in [2.45, 2.75) is 0 Å². The van der Waals surface area contributed by atoms with Crippen LogP contribution in [0.15, 0.2) is 59.6 Å². The van der Waals surface area contributed by atoms with Gasteiger partial charge in [-0.3, -0.25) is 4.99 Å². The molecule has 0 aromatic heterocycles. The van der Waals surface area contributed by atoms with Crippen LogP contribution in [0.1, 0.15) is 26.3 Å². The predicted molar refractivity (Wildman–Crippen MR) is 102 cm³/mol. The van der Waals surface area contributed by atoms with Crippen LogP contribution in [-0.2, 0) is 9.47 Å². The Morgan fingerprint density at radius 3 is 2.19 bits per heavy atom. The number of benzene rings is 3. The molecule has 0 amide bonds. The molecule has 136 valence electrons. The Hall–Kier alpha value is -3.67. The summed E-state index contributed by atoms with van der Waals surface area (Å²) in [6.07, 6.45) is 1.50. The first-order valence-electron chi connectivity index (χ1n) is 8.10. The number of hydrogen-bond donors (Lipinski definition) is 1. The van der Waals surface area contributed by atoms with Crippen LogP contribution in [0.4, 0.5) is 5.69 Å². The zero-order chi connectivity index (χ0) is 19.4. The fourth-order valence-corrected chi connectivity index (χ4v) is 2.72. The molecule has 1 N–H and O–H groups in total. The highest BCUT2D eigenvalue weighted by molar-refractivity contribution is 6.03. The van der Waals surface area contributed by atoms with Gasteiger partial charge in [0.15, 0.2) is 0 Å². The SMILES string of the molecule is COC(=O)c1cc(N=Cc2c(O)ccc3ccccc23)cc(C(=O)OC)c1. The maximum Gasteiger partial charge on any atom is 0.337 e. The molecule has 0 saturated carbocycles. The number of carbonyl (C=O) groups excluding carboxylic acids is 2. The van der Waals surface area contributed by atoms with Crippen LogP contribution in [-0.4, -0.2) is 37.5 Å². The second-order valence-corrected chi connectivity index (χ2v) is 5.73. The number of hydrogen-bond acceptors (Lipinski definition) is 6. The maximum atomic E-state index is 11.9. The van der Waals surface area contributed by atoms with Crippen LogP contribution in [0.3, 0.4) is 0 Å². The van der Waals surface area contributed by atoms with Crippen molar-refractivity contribution in [3.8, 4) is 5.75 Å². The van der Waals surface area contributed by atoms with E-state index in [2.05, 4.69) is 4.99 Å². The highest BCUT2D eigenvalue weighted by Gasteiger charge is 2.13. The molecule has 0 aliphatic heterocycles. The lowest BCUT2D eigenvalue weighted by molar-refractivity contribution is 0.0599. The Bertz CT molecular complexity index is 1020. The molecule has 3 aromatic carbocycles. The Kier molecular flexibility index (Phi) is 5.17. The zero-order valence-electron chi connectivity index (χ0n) is 14.8. The minimum Gasteiger partial charge on any atom is -0.507 e. The summed E-state index contributed by atoms with van der Waals surface area (Å²) in [6.45, 7) is 0. The minimum absolute atomic E-state index is 0.0785. The van der Waals surface area contributed by atoms with Crippen LogP contribution in [0.25, 0.3) is 10.8 Å². The van der Waals surface area contributed by atoms with Crippen LogP contribution in [0.5, 0.6) is 5.75 Å². The second kappa shape index (κ2) is 7.70. The fourth-order valence-electron chi connectivity index (χ4n) is 2.72. The van der Waals surface area contributed by atoms with E-state index in [1.54, 1.807) is 6.07 Å². The third-order valence-electron chi connectivity index (χ3n) is 4.05. The topological polar surface area (TPSA) is 85.2 Å². The average molecular weight is 363 g/mol. The summed E-state index contributed by atoms with van der Waals surface area (Å²) in [5.41, 5.74) is 1.24. The van der Waals surface area contributed by atoms with Crippen molar-refractivity contribution in [1.82, 2.24) is 0 Å². The van der Waals surface area contributed by atoms with Gasteiger partial charge in [0.25, 0.3) is 0 Å². The number of fused-ring (bicyclic) bond motifs is 1. The molecular formula is C21H17NO5. The highest BCUT2D eigenvalue weighted by atomic mass is 16.5. The van der Waals surface area contributed by atoms with Crippen LogP contribution in [0, 0.1) is 0 Å². The smallest absolute Gasteiger partial charge is 0.337 e. The Morgan fingerprint density at radius 2 is 1.56 bits per heavy atom. The van der Waals surface area contributed by atoms with Crippen LogP contribution >= 0.6 is 0 Å². The standard InChI is InChI=1S/C21H17NO5/c1-26-20(24)14-9-15(21(25)27-2)11-16(10-14)22-12-18-17-6-4-3-5-13(17)7-8-19(18)23/h3-12,23H,1-2H3. The number of ether oxygens (including phenoxy) is 2. The number of aliphatic imine (C=N–C) groups is 1. The number of phenols is 1. The molecule has 0 aliphatic carbocycles. The largest absolute Gasteiger partial charge is 0.507 e. The molecule has 0 aliphatic rings. The molecule has 0 fully saturated rings. The van der Waals surface area contributed by atoms with E-state index in [1.165, 1.54) is 38.6 Å². The average Bonchev–Trinajstić information content (AvgIpc) is 2.71. The Balaban J connectivity index is 2.08. The molecule has 0 unspecified atom stereocenters. The summed E-state index contributed by atoms with van der Waals surface area (Å²) in [4.78, 5) is 28.1. The highest BCUT2D eigenvalue weighted by Crippen LogP contribution is 2.27. The molecular weight excluding hydrogens is 346 g/mol. The van der Waals surface area contributed by atoms with Gasteiger partial charge < -0.3 is 14.6 Å². The van der Waals surface area contributed by atoms with E-state index in [-0.39, 0.29) is 16.9 Å². The summed E-state index contributed by atoms with van der Waals surface area (Å²) in [6, 6.07) is 15.4. The summed E-state index contributed by atoms with van der Waals surface area (Å²) in [5.74, 6) is -1.11. The van der Waals surface area contributed by atoms with E-state index < -0.39 is 11.9 Å². The van der Waals surface area contributed by atoms with Crippen molar-refractivity contribution in [2.75, 3.05) is 14.2 Å². The fraction of sp³-hybridized carbons (Fsp3) is 0.0952. The molecule has 0 heterocycles. The van der Waals surface area contributed by atoms with E-state index >= 15 is 0 Å². The summed E-state index contributed by atoms with van der Waals surface area (Å²) in [7, 11) is 2.51. The number of aromatic hydroxyl groups is 1. The van der Waals surface area contributed by atoms with Gasteiger partial charge in [-0.05, 0) is 35.0 Å². The third kappa shape index (κ3) is 3.79. The number of phenolic OH excluding ortho intramolecular Hbond substituents is 1. The van der Waals surface area contributed by atoms with Crippen molar-refractivity contribution in [3.05, 3.63) is 71.3 Å². The molecule has 0 atom stereocenters. The van der Waals surface area contributed by atoms with Crippen LogP contribution < -0.4 is 0 Å². The lowest BCUT2D eigenvalue weighted by atomic mass is 10.0. The van der Waals surface area contributed by atoms with E-state index in [4.69, 9.17) is 9.47 Å². The number of carbonyl (C=O) groups is 2. The van der Waals surface area contributed by atoms with Crippen molar-refractivity contribution >= 4 is 34.6 Å². The summed E-state index contributed by atoms with van der Waals surface area (Å²) < 4.78 is 9.43. The lowest BCUT2D eigenvalue weighted by Gasteiger charge is -2.06. The number of nitrogens with zero attached hydrogens (tertiary/aromatic N) is 1. The van der Waals surface area contributed by atoms with Gasteiger partial charge in [-0.1, -0.05) is 30.3 Å². The molecule has 0 saturated heterocycles. The minimum atomic E-state index is -0.592. The number of esters is 2. The van der Waals surface area contributed by atoms with Gasteiger partial charge in [0.05, 0.1) is 31.0 Å². The quantitative estimate of drug-likeness (QED) is 0.562. The lowest BCUT2D eigenvalue weighted by Crippen LogP contribution is -2.06. The van der Waals surface area contributed by atoms with Crippen molar-refractivity contribution in [2.24, 2.45) is 4.99 Å². The van der Waals surface area contributed by atoms with Gasteiger partial charge >= 0.3 is 11.9 Å². The predicted octanol–water partition coefficient (Wildman–Crippen LogP) is 3.87. The third-order valence-corrected chi connectivity index (χ3v) is 4.05. The molecule has 27 heavy (non-hydrogen) atoms. The van der Waals surface area contributed by atoms with Gasteiger partial charge in [0.2, 0.25) is 0 Å². The van der Waals surface area contributed by atoms with Crippen LogP contribution in [0.2, 0.25) is 0 Å². The van der Waals surface area contributed by atoms with Gasteiger partial charge in [0, 0.05) is 11.8 Å². The Labute approximate surface area is 155 Å². The maximum absolute atomic E-state index is 11.9. The molecule has 3 aromatic rings. The molecule has 0 bridgehead atoms. The first-order valence-corrected chi connectivity index (χ1v) is 8.10. The van der Waals surface area contributed by atoms with E-state index in [0.717, 1.165) is 10.8 Å². The first kappa shape index (κ1) is 18.1. The second-order valence-electron chi connectivity index (χ2n) is 5.73. The van der Waals surface area contributed by atoms with E-state index in [0.29, 0.717) is 11.3 Å². The monoisotopic (exact) mass is 363 g/mol. The molecule has 6 heteroatoms. The van der Waals surface area contributed by atoms with E-state index in [9.17, 15) is 14.7 Å².